The molecule has 2 nitrogen and oxygen atoms in total. The molecule has 0 N–H and O–H groups in total. The molecule has 0 spiro atoms. The lowest BCUT2D eigenvalue weighted by Gasteiger charge is -2.39. The van der Waals surface area contributed by atoms with Crippen LogP contribution >= 0.6 is 11.6 Å². The summed E-state index contributed by atoms with van der Waals surface area (Å²) in [5.74, 6) is 0.976. The highest BCUT2D eigenvalue weighted by molar-refractivity contribution is 6.17. The van der Waals surface area contributed by atoms with E-state index in [0.717, 1.165) is 37.7 Å². The molecule has 0 aromatic carbocycles. The van der Waals surface area contributed by atoms with Crippen LogP contribution in [0.3, 0.4) is 0 Å². The molecule has 2 fully saturated rings. The summed E-state index contributed by atoms with van der Waals surface area (Å²) in [5.41, 5.74) is 0.755. The molecule has 90 valence electrons. The molecule has 0 unspecified atom stereocenters. The number of halogens is 1. The first kappa shape index (κ1) is 12.0. The van der Waals surface area contributed by atoms with E-state index in [4.69, 9.17) is 16.3 Å². The van der Waals surface area contributed by atoms with Crippen molar-refractivity contribution in [3.63, 3.8) is 0 Å². The van der Waals surface area contributed by atoms with Crippen LogP contribution in [0.4, 0.5) is 0 Å². The van der Waals surface area contributed by atoms with E-state index in [9.17, 15) is 4.79 Å². The number of ether oxygens (including phenoxy) is 1. The van der Waals surface area contributed by atoms with Gasteiger partial charge in [0.1, 0.15) is 5.60 Å². The van der Waals surface area contributed by atoms with Gasteiger partial charge in [0.05, 0.1) is 6.42 Å². The van der Waals surface area contributed by atoms with E-state index in [1.54, 1.807) is 0 Å². The zero-order chi connectivity index (χ0) is 11.6. The molecule has 1 aliphatic carbocycles. The van der Waals surface area contributed by atoms with Crippen LogP contribution in [0.1, 0.15) is 44.9 Å². The molecule has 1 aliphatic heterocycles. The molecule has 0 amide bonds. The second kappa shape index (κ2) is 4.79. The van der Waals surface area contributed by atoms with E-state index in [1.807, 2.05) is 0 Å². The number of hydrogen-bond acceptors (Lipinski definition) is 2. The monoisotopic (exact) mass is 242 g/mol. The predicted molar refractivity (Wildman–Crippen MR) is 64.5 cm³/mol. The molecule has 2 rings (SSSR count). The molecular weight excluding hydrogens is 224 g/mol. The molecule has 0 bridgehead atoms. The maximum atomic E-state index is 11.5. The molecule has 2 aliphatic rings. The standard InChI is InChI=1S/C13H19ClO2/c1-10(5-4-8-14)13-7-3-2-6-11(13)9-12(15)16-13/h11H,1-9H2/t11-,13+/m0/s1. The van der Waals surface area contributed by atoms with E-state index >= 15 is 0 Å². The average Bonchev–Trinajstić information content (AvgIpc) is 2.62. The number of esters is 1. The molecule has 1 heterocycles. The van der Waals surface area contributed by atoms with Crippen molar-refractivity contribution in [1.29, 1.82) is 0 Å². The predicted octanol–water partition coefficient (Wildman–Crippen LogP) is 3.44. The van der Waals surface area contributed by atoms with Gasteiger partial charge >= 0.3 is 5.97 Å². The maximum absolute atomic E-state index is 11.5. The van der Waals surface area contributed by atoms with Crippen LogP contribution in [0.2, 0.25) is 0 Å². The van der Waals surface area contributed by atoms with Crippen LogP contribution in [0.5, 0.6) is 0 Å². The number of alkyl halides is 1. The highest BCUT2D eigenvalue weighted by Crippen LogP contribution is 2.48. The minimum atomic E-state index is -0.332. The van der Waals surface area contributed by atoms with E-state index in [2.05, 4.69) is 6.58 Å². The Hall–Kier alpha value is -0.500. The molecule has 0 radical (unpaired) electrons. The van der Waals surface area contributed by atoms with E-state index in [-0.39, 0.29) is 11.6 Å². The Morgan fingerprint density at radius 1 is 1.56 bits per heavy atom. The van der Waals surface area contributed by atoms with Gasteiger partial charge in [-0.1, -0.05) is 13.0 Å². The maximum Gasteiger partial charge on any atom is 0.307 e. The topological polar surface area (TPSA) is 26.3 Å². The minimum Gasteiger partial charge on any atom is -0.454 e. The first-order chi connectivity index (χ1) is 7.69. The van der Waals surface area contributed by atoms with Gasteiger partial charge in [-0.05, 0) is 37.7 Å². The third kappa shape index (κ3) is 2.00. The number of fused-ring (bicyclic) bond motifs is 1. The first-order valence-corrected chi connectivity index (χ1v) is 6.68. The van der Waals surface area contributed by atoms with Crippen molar-refractivity contribution in [2.75, 3.05) is 5.88 Å². The molecular formula is C13H19ClO2. The molecule has 0 aromatic rings. The van der Waals surface area contributed by atoms with Crippen molar-refractivity contribution in [3.05, 3.63) is 12.2 Å². The quantitative estimate of drug-likeness (QED) is 0.429. The van der Waals surface area contributed by atoms with Crippen molar-refractivity contribution in [1.82, 2.24) is 0 Å². The van der Waals surface area contributed by atoms with Crippen LogP contribution in [0.25, 0.3) is 0 Å². The molecule has 0 aromatic heterocycles. The van der Waals surface area contributed by atoms with E-state index in [0.29, 0.717) is 18.2 Å². The van der Waals surface area contributed by atoms with Gasteiger partial charge in [-0.25, -0.2) is 0 Å². The van der Waals surface area contributed by atoms with Crippen molar-refractivity contribution >= 4 is 17.6 Å². The Kier molecular flexibility index (Phi) is 3.58. The largest absolute Gasteiger partial charge is 0.454 e. The fourth-order valence-electron chi connectivity index (χ4n) is 3.09. The summed E-state index contributed by atoms with van der Waals surface area (Å²) in [6.07, 6.45) is 6.81. The van der Waals surface area contributed by atoms with Crippen molar-refractivity contribution in [2.45, 2.75) is 50.5 Å². The molecule has 1 saturated carbocycles. The highest BCUT2D eigenvalue weighted by Gasteiger charge is 2.51. The van der Waals surface area contributed by atoms with E-state index in [1.165, 1.54) is 6.42 Å². The second-order valence-electron chi connectivity index (χ2n) is 4.91. The third-order valence-electron chi connectivity index (χ3n) is 3.93. The summed E-state index contributed by atoms with van der Waals surface area (Å²) >= 11 is 5.70. The summed E-state index contributed by atoms with van der Waals surface area (Å²) in [5, 5.41) is 0. The zero-order valence-electron chi connectivity index (χ0n) is 9.64. The summed E-state index contributed by atoms with van der Waals surface area (Å²) in [7, 11) is 0. The Labute approximate surface area is 102 Å². The molecule has 1 saturated heterocycles. The molecule has 2 atom stereocenters. The number of carbonyl (C=O) groups is 1. The normalized spacial score (nSPS) is 33.3. The van der Waals surface area contributed by atoms with Gasteiger partial charge in [0.25, 0.3) is 0 Å². The summed E-state index contributed by atoms with van der Waals surface area (Å²) in [4.78, 5) is 11.5. The van der Waals surface area contributed by atoms with Gasteiger partial charge in [-0.15, -0.1) is 11.6 Å². The fourth-order valence-corrected chi connectivity index (χ4v) is 3.23. The van der Waals surface area contributed by atoms with Crippen LogP contribution in [-0.2, 0) is 9.53 Å². The van der Waals surface area contributed by atoms with Gasteiger partial charge in [-0.2, -0.15) is 0 Å². The smallest absolute Gasteiger partial charge is 0.307 e. The van der Waals surface area contributed by atoms with Gasteiger partial charge in [0.15, 0.2) is 0 Å². The highest BCUT2D eigenvalue weighted by atomic mass is 35.5. The Balaban J connectivity index is 2.12. The van der Waals surface area contributed by atoms with Crippen LogP contribution < -0.4 is 0 Å². The average molecular weight is 243 g/mol. The lowest BCUT2D eigenvalue weighted by atomic mass is 9.71. The Morgan fingerprint density at radius 3 is 3.12 bits per heavy atom. The first-order valence-electron chi connectivity index (χ1n) is 6.15. The van der Waals surface area contributed by atoms with Crippen LogP contribution in [0, 0.1) is 5.92 Å². The Morgan fingerprint density at radius 2 is 2.38 bits per heavy atom. The Bertz CT molecular complexity index is 300. The number of carbonyl (C=O) groups excluding carboxylic acids is 1. The second-order valence-corrected chi connectivity index (χ2v) is 5.28. The summed E-state index contributed by atoms with van der Waals surface area (Å²) < 4.78 is 5.63. The third-order valence-corrected chi connectivity index (χ3v) is 4.20. The van der Waals surface area contributed by atoms with Crippen LogP contribution in [0.15, 0.2) is 12.2 Å². The van der Waals surface area contributed by atoms with Gasteiger partial charge in [0, 0.05) is 11.8 Å². The minimum absolute atomic E-state index is 0.0427. The van der Waals surface area contributed by atoms with E-state index < -0.39 is 0 Å². The molecule has 3 heteroatoms. The summed E-state index contributed by atoms with van der Waals surface area (Å²) in [6.45, 7) is 4.15. The number of hydrogen-bond donors (Lipinski definition) is 0. The summed E-state index contributed by atoms with van der Waals surface area (Å²) in [6, 6.07) is 0. The number of rotatable bonds is 4. The van der Waals surface area contributed by atoms with Crippen molar-refractivity contribution in [2.24, 2.45) is 5.92 Å². The van der Waals surface area contributed by atoms with Crippen molar-refractivity contribution < 1.29 is 9.53 Å². The van der Waals surface area contributed by atoms with Gasteiger partial charge < -0.3 is 4.74 Å². The van der Waals surface area contributed by atoms with Gasteiger partial charge in [-0.3, -0.25) is 4.79 Å². The SMILES string of the molecule is C=C(CCCCl)[C@]12CCCC[C@H]1CC(=O)O2. The fraction of sp³-hybridized carbons (Fsp3) is 0.769. The molecule has 16 heavy (non-hydrogen) atoms. The van der Waals surface area contributed by atoms with Crippen LogP contribution in [-0.4, -0.2) is 17.5 Å². The van der Waals surface area contributed by atoms with Crippen molar-refractivity contribution in [3.8, 4) is 0 Å². The van der Waals surface area contributed by atoms with Gasteiger partial charge in [0.2, 0.25) is 0 Å². The lowest BCUT2D eigenvalue weighted by Crippen LogP contribution is -2.40. The zero-order valence-corrected chi connectivity index (χ0v) is 10.4. The lowest BCUT2D eigenvalue weighted by molar-refractivity contribution is -0.147.